The zero-order chi connectivity index (χ0) is 22.2. The highest BCUT2D eigenvalue weighted by Crippen LogP contribution is 2.32. The lowest BCUT2D eigenvalue weighted by Crippen LogP contribution is -2.07. The zero-order valence-corrected chi connectivity index (χ0v) is 17.4. The number of aromatic nitrogens is 3. The van der Waals surface area contributed by atoms with Crippen LogP contribution in [0.25, 0.3) is 21.8 Å². The van der Waals surface area contributed by atoms with Crippen molar-refractivity contribution in [3.8, 4) is 0 Å². The van der Waals surface area contributed by atoms with Crippen LogP contribution in [0.3, 0.4) is 0 Å². The molecule has 1 aliphatic rings. The van der Waals surface area contributed by atoms with Crippen molar-refractivity contribution in [3.05, 3.63) is 65.6 Å². The van der Waals surface area contributed by atoms with Gasteiger partial charge in [-0.15, -0.1) is 0 Å². The molecule has 2 aromatic heterocycles. The third-order valence-corrected chi connectivity index (χ3v) is 5.36. The normalized spacial score (nSPS) is 13.3. The second-order valence-electron chi connectivity index (χ2n) is 8.02. The summed E-state index contributed by atoms with van der Waals surface area (Å²) >= 11 is 0. The largest absolute Gasteiger partial charge is 0.478 e. The van der Waals surface area contributed by atoms with Crippen LogP contribution < -0.4 is 10.6 Å². The molecular weight excluding hydrogens is 406 g/mol. The van der Waals surface area contributed by atoms with Crippen LogP contribution in [-0.4, -0.2) is 38.0 Å². The fraction of sp³-hybridized carbons (Fsp3) is 0.208. The number of nitrogens with zero attached hydrogens (tertiary/aromatic N) is 3. The summed E-state index contributed by atoms with van der Waals surface area (Å²) < 4.78 is 0. The smallest absolute Gasteiger partial charge is 0.335 e. The highest BCUT2D eigenvalue weighted by molar-refractivity contribution is 6.09. The number of pyridine rings is 1. The molecule has 0 atom stereocenters. The van der Waals surface area contributed by atoms with Gasteiger partial charge in [0, 0.05) is 42.0 Å². The summed E-state index contributed by atoms with van der Waals surface area (Å²) in [4.78, 5) is 36.8. The predicted octanol–water partition coefficient (Wildman–Crippen LogP) is 4.00. The van der Waals surface area contributed by atoms with Crippen molar-refractivity contribution in [1.82, 2.24) is 15.0 Å². The van der Waals surface area contributed by atoms with Crippen molar-refractivity contribution < 1.29 is 14.7 Å². The highest BCUT2D eigenvalue weighted by atomic mass is 16.4. The molecule has 0 unspecified atom stereocenters. The molecule has 0 spiro atoms. The van der Waals surface area contributed by atoms with E-state index in [-0.39, 0.29) is 11.5 Å². The fourth-order valence-corrected chi connectivity index (χ4v) is 3.71. The molecule has 0 aliphatic heterocycles. The highest BCUT2D eigenvalue weighted by Gasteiger charge is 2.23. The Kier molecular flexibility index (Phi) is 4.89. The molecule has 1 fully saturated rings. The number of carboxylic acids is 1. The summed E-state index contributed by atoms with van der Waals surface area (Å²) in [6.07, 6.45) is 4.43. The Balaban J connectivity index is 1.57. The Morgan fingerprint density at radius 1 is 1.09 bits per heavy atom. The Labute approximate surface area is 183 Å². The number of fused-ring (bicyclic) bond motifs is 3. The number of hydrogen-bond donors (Lipinski definition) is 3. The number of carbonyl (C=O) groups excluding carboxylic acids is 1. The molecule has 3 N–H and O–H groups in total. The van der Waals surface area contributed by atoms with Gasteiger partial charge in [0.05, 0.1) is 11.1 Å². The molecule has 1 amide bonds. The lowest BCUT2D eigenvalue weighted by Gasteiger charge is -2.12. The zero-order valence-electron chi connectivity index (χ0n) is 17.4. The van der Waals surface area contributed by atoms with E-state index < -0.39 is 5.97 Å². The number of hydrogen-bond acceptors (Lipinski definition) is 6. The predicted molar refractivity (Wildman–Crippen MR) is 122 cm³/mol. The lowest BCUT2D eigenvalue weighted by molar-refractivity contribution is -0.114. The van der Waals surface area contributed by atoms with Gasteiger partial charge in [0.1, 0.15) is 11.3 Å². The summed E-state index contributed by atoms with van der Waals surface area (Å²) in [6.45, 7) is 1.48. The van der Waals surface area contributed by atoms with Crippen molar-refractivity contribution in [2.75, 3.05) is 10.6 Å². The van der Waals surface area contributed by atoms with Gasteiger partial charge in [-0.1, -0.05) is 18.2 Å². The van der Waals surface area contributed by atoms with E-state index >= 15 is 0 Å². The molecule has 1 aliphatic carbocycles. The van der Waals surface area contributed by atoms with Gasteiger partial charge in [-0.25, -0.2) is 19.7 Å². The average Bonchev–Trinajstić information content (AvgIpc) is 3.57. The Morgan fingerprint density at radius 3 is 2.69 bits per heavy atom. The van der Waals surface area contributed by atoms with E-state index in [4.69, 9.17) is 9.97 Å². The van der Waals surface area contributed by atoms with Crippen molar-refractivity contribution in [3.63, 3.8) is 0 Å². The van der Waals surface area contributed by atoms with E-state index in [0.29, 0.717) is 29.6 Å². The van der Waals surface area contributed by atoms with Gasteiger partial charge in [-0.05, 0) is 42.7 Å². The van der Waals surface area contributed by atoms with Crippen LogP contribution in [0.15, 0.2) is 48.7 Å². The van der Waals surface area contributed by atoms with Gasteiger partial charge in [0.25, 0.3) is 0 Å². The molecule has 2 aromatic carbocycles. The molecule has 4 aromatic rings. The molecule has 160 valence electrons. The number of carbonyl (C=O) groups is 2. The number of carboxylic acid groups (broad SMARTS) is 1. The summed E-state index contributed by atoms with van der Waals surface area (Å²) in [7, 11) is 0. The maximum absolute atomic E-state index is 11.4. The standard InChI is InChI=1S/C24H21N5O3/c1-13(30)26-17-4-2-3-14(9-17)10-21-25-12-19-18-8-5-15(24(31)32)11-20(18)28-23(22(19)29-21)27-16-6-7-16/h2-5,8-9,11-12,16H,6-7,10H2,1H3,(H,26,30)(H,27,28)(H,31,32). The quantitative estimate of drug-likeness (QED) is 0.398. The van der Waals surface area contributed by atoms with E-state index in [1.165, 1.54) is 6.92 Å². The van der Waals surface area contributed by atoms with Crippen molar-refractivity contribution >= 4 is 45.2 Å². The summed E-state index contributed by atoms with van der Waals surface area (Å²) in [5.74, 6) is 0.176. The first-order valence-corrected chi connectivity index (χ1v) is 10.4. The minimum Gasteiger partial charge on any atom is -0.478 e. The van der Waals surface area contributed by atoms with Crippen molar-refractivity contribution in [1.29, 1.82) is 0 Å². The number of amides is 1. The second kappa shape index (κ2) is 7.88. The molecule has 2 heterocycles. The lowest BCUT2D eigenvalue weighted by atomic mass is 10.1. The molecular formula is C24H21N5O3. The van der Waals surface area contributed by atoms with Crippen LogP contribution in [0.4, 0.5) is 11.5 Å². The van der Waals surface area contributed by atoms with Gasteiger partial charge in [-0.3, -0.25) is 4.79 Å². The minimum atomic E-state index is -0.987. The van der Waals surface area contributed by atoms with Crippen LogP contribution in [0.5, 0.6) is 0 Å². The van der Waals surface area contributed by atoms with E-state index in [2.05, 4.69) is 15.6 Å². The van der Waals surface area contributed by atoms with Crippen LogP contribution in [0.2, 0.25) is 0 Å². The van der Waals surface area contributed by atoms with Crippen LogP contribution in [0, 0.1) is 0 Å². The van der Waals surface area contributed by atoms with Crippen molar-refractivity contribution in [2.24, 2.45) is 0 Å². The topological polar surface area (TPSA) is 117 Å². The number of aromatic carboxylic acids is 1. The summed E-state index contributed by atoms with van der Waals surface area (Å²) in [5.41, 5.74) is 3.22. The molecule has 8 heteroatoms. The van der Waals surface area contributed by atoms with Gasteiger partial charge in [0.15, 0.2) is 5.82 Å². The van der Waals surface area contributed by atoms with E-state index in [9.17, 15) is 14.7 Å². The van der Waals surface area contributed by atoms with Gasteiger partial charge in [0.2, 0.25) is 5.91 Å². The van der Waals surface area contributed by atoms with E-state index in [1.807, 2.05) is 24.3 Å². The minimum absolute atomic E-state index is 0.121. The molecule has 0 radical (unpaired) electrons. The van der Waals surface area contributed by atoms with Gasteiger partial charge < -0.3 is 15.7 Å². The Hall–Kier alpha value is -4.07. The van der Waals surface area contributed by atoms with E-state index in [1.54, 1.807) is 24.4 Å². The SMILES string of the molecule is CC(=O)Nc1cccc(Cc2ncc3c(n2)c(NC2CC2)nc2cc(C(=O)O)ccc23)c1. The maximum atomic E-state index is 11.4. The fourth-order valence-electron chi connectivity index (χ4n) is 3.71. The average molecular weight is 427 g/mol. The maximum Gasteiger partial charge on any atom is 0.335 e. The number of anilines is 2. The number of nitrogens with one attached hydrogen (secondary N) is 2. The third-order valence-electron chi connectivity index (χ3n) is 5.36. The second-order valence-corrected chi connectivity index (χ2v) is 8.02. The number of benzene rings is 2. The van der Waals surface area contributed by atoms with Crippen molar-refractivity contribution in [2.45, 2.75) is 32.2 Å². The van der Waals surface area contributed by atoms with Crippen LogP contribution in [-0.2, 0) is 11.2 Å². The molecule has 0 bridgehead atoms. The van der Waals surface area contributed by atoms with Crippen LogP contribution in [0.1, 0.15) is 41.5 Å². The summed E-state index contributed by atoms with van der Waals surface area (Å²) in [6, 6.07) is 12.9. The van der Waals surface area contributed by atoms with Gasteiger partial charge >= 0.3 is 5.97 Å². The molecule has 32 heavy (non-hydrogen) atoms. The molecule has 5 rings (SSSR count). The molecule has 0 saturated heterocycles. The Morgan fingerprint density at radius 2 is 1.94 bits per heavy atom. The third kappa shape index (κ3) is 4.07. The first-order chi connectivity index (χ1) is 15.5. The molecule has 8 nitrogen and oxygen atoms in total. The first-order valence-electron chi connectivity index (χ1n) is 10.4. The van der Waals surface area contributed by atoms with E-state index in [0.717, 1.165) is 40.4 Å². The Bertz CT molecular complexity index is 1380. The van der Waals surface area contributed by atoms with Crippen LogP contribution >= 0.6 is 0 Å². The monoisotopic (exact) mass is 427 g/mol. The number of rotatable bonds is 6. The summed E-state index contributed by atoms with van der Waals surface area (Å²) in [5, 5.41) is 17.2. The first kappa shape index (κ1) is 19.9. The van der Waals surface area contributed by atoms with Gasteiger partial charge in [-0.2, -0.15) is 0 Å². The molecule has 1 saturated carbocycles.